The average molecular weight is 1200 g/mol. The van der Waals surface area contributed by atoms with E-state index in [1.54, 1.807) is 0 Å². The summed E-state index contributed by atoms with van der Waals surface area (Å²) in [4.78, 5) is 72.4. The van der Waals surface area contributed by atoms with Gasteiger partial charge in [-0.15, -0.1) is 12.4 Å². The van der Waals surface area contributed by atoms with Crippen LogP contribution in [0.15, 0.2) is 97.1 Å². The lowest BCUT2D eigenvalue weighted by molar-refractivity contribution is -0.148. The van der Waals surface area contributed by atoms with Gasteiger partial charge in [0.15, 0.2) is 11.9 Å². The van der Waals surface area contributed by atoms with Gasteiger partial charge in [-0.05, 0) is 83.9 Å². The van der Waals surface area contributed by atoms with E-state index >= 15 is 0 Å². The van der Waals surface area contributed by atoms with Crippen molar-refractivity contribution in [1.82, 2.24) is 18.1 Å². The highest BCUT2D eigenvalue weighted by Crippen LogP contribution is 2.20. The summed E-state index contributed by atoms with van der Waals surface area (Å²) in [5, 5.41) is 58.0. The van der Waals surface area contributed by atoms with Crippen LogP contribution in [0.5, 0.6) is 11.5 Å². The number of hydrogen-bond donors (Lipinski definition) is 12. The van der Waals surface area contributed by atoms with Crippen LogP contribution in [-0.2, 0) is 71.6 Å². The van der Waals surface area contributed by atoms with Crippen molar-refractivity contribution in [2.24, 2.45) is 11.5 Å². The Labute approximate surface area is 470 Å². The topological polar surface area (TPSA) is 461 Å². The second-order valence-corrected chi connectivity index (χ2v) is 19.9. The number of carboxylic acid groups (broad SMARTS) is 4. The first-order valence-electron chi connectivity index (χ1n) is 23.7. The maximum absolute atomic E-state index is 13.4. The molecule has 0 aromatic heterocycles. The molecule has 0 aliphatic rings. The molecule has 4 rings (SSSR count). The van der Waals surface area contributed by atoms with Crippen molar-refractivity contribution in [3.63, 3.8) is 0 Å². The van der Waals surface area contributed by atoms with E-state index in [9.17, 15) is 66.0 Å². The molecule has 4 aromatic rings. The Kier molecular flexibility index (Phi) is 28.0. The molecule has 2 atom stereocenters. The third-order valence-corrected chi connectivity index (χ3v) is 13.8. The highest BCUT2D eigenvalue weighted by Gasteiger charge is 2.37. The first kappa shape index (κ1) is 67.4. The zero-order chi connectivity index (χ0) is 58.8. The number of nitrogens with two attached hydrogens (primary N) is 2. The minimum Gasteiger partial charge on any atom is -0.481 e. The SMILES string of the molecule is Cl.N=C(N)Nc1ccc(C(=O)Oc2ccc(CNS(=O)(=O)N(CCOCCOCCOCCOCCN([C@@H](CC(=O)O)C(=O)O)S(=O)(=O)NCc3ccc(OC(=O)c4ccc(NC(=N)N)cc4)cc3)[C@@H](CC(=O)O)C(=O)O)cc2)cc1. The zero-order valence-electron chi connectivity index (χ0n) is 42.9. The van der Waals surface area contributed by atoms with Gasteiger partial charge in [0.1, 0.15) is 23.6 Å². The fraction of sp³-hybridized carbons (Fsp3) is 0.333. The number of hydrogen-bond acceptors (Lipinski definition) is 18. The van der Waals surface area contributed by atoms with E-state index in [2.05, 4.69) is 20.1 Å². The second-order valence-electron chi connectivity index (χ2n) is 16.5. The van der Waals surface area contributed by atoms with E-state index in [-0.39, 0.29) is 113 Å². The predicted octanol–water partition coefficient (Wildman–Crippen LogP) is 1.05. The number of anilines is 2. The van der Waals surface area contributed by atoms with Crippen LogP contribution in [0, 0.1) is 10.8 Å². The maximum Gasteiger partial charge on any atom is 0.343 e. The minimum atomic E-state index is -4.65. The van der Waals surface area contributed by atoms with Crippen LogP contribution in [0.4, 0.5) is 11.4 Å². The van der Waals surface area contributed by atoms with E-state index in [1.165, 1.54) is 97.1 Å². The van der Waals surface area contributed by atoms with Gasteiger partial charge in [-0.3, -0.25) is 30.0 Å². The first-order valence-corrected chi connectivity index (χ1v) is 26.6. The Morgan fingerprint density at radius 2 is 0.778 bits per heavy atom. The number of nitrogens with zero attached hydrogens (tertiary/aromatic N) is 2. The molecule has 442 valence electrons. The van der Waals surface area contributed by atoms with Gasteiger partial charge in [0.2, 0.25) is 0 Å². The maximum atomic E-state index is 13.4. The summed E-state index contributed by atoms with van der Waals surface area (Å²) in [5.74, 6) is -8.34. The van der Waals surface area contributed by atoms with Crippen molar-refractivity contribution in [1.29, 1.82) is 10.8 Å². The zero-order valence-corrected chi connectivity index (χ0v) is 45.3. The molecule has 0 saturated heterocycles. The van der Waals surface area contributed by atoms with Crippen LogP contribution in [0.3, 0.4) is 0 Å². The molecule has 0 aliphatic carbocycles. The lowest BCUT2D eigenvalue weighted by Gasteiger charge is -2.27. The number of carbonyl (C=O) groups excluding carboxylic acids is 2. The van der Waals surface area contributed by atoms with Crippen LogP contribution in [0.25, 0.3) is 0 Å². The lowest BCUT2D eigenvalue weighted by Crippen LogP contribution is -2.51. The van der Waals surface area contributed by atoms with Gasteiger partial charge >= 0.3 is 35.8 Å². The quantitative estimate of drug-likeness (QED) is 0.00987. The van der Waals surface area contributed by atoms with Gasteiger partial charge in [-0.2, -0.15) is 34.9 Å². The van der Waals surface area contributed by atoms with Crippen molar-refractivity contribution in [3.05, 3.63) is 119 Å². The van der Waals surface area contributed by atoms with Crippen LogP contribution in [0.2, 0.25) is 0 Å². The number of benzene rings is 4. The van der Waals surface area contributed by atoms with Gasteiger partial charge in [-0.1, -0.05) is 24.3 Å². The number of aliphatic carboxylic acids is 4. The number of carbonyl (C=O) groups is 6. The normalized spacial score (nSPS) is 12.1. The molecule has 30 nitrogen and oxygen atoms in total. The summed E-state index contributed by atoms with van der Waals surface area (Å²) in [5.41, 5.74) is 12.7. The number of carboxylic acids is 4. The van der Waals surface area contributed by atoms with E-state index in [1.807, 2.05) is 0 Å². The molecule has 0 radical (unpaired) electrons. The number of nitrogens with one attached hydrogen (secondary N) is 6. The number of rotatable bonds is 37. The van der Waals surface area contributed by atoms with E-state index in [0.717, 1.165) is 0 Å². The Hall–Kier alpha value is -7.89. The minimum absolute atomic E-state index is 0. The van der Waals surface area contributed by atoms with Gasteiger partial charge in [0, 0.05) is 37.6 Å². The van der Waals surface area contributed by atoms with Crippen LogP contribution >= 0.6 is 12.4 Å². The summed E-state index contributed by atoms with van der Waals surface area (Å²) in [6, 6.07) is 19.2. The second kappa shape index (κ2) is 33.6. The summed E-state index contributed by atoms with van der Waals surface area (Å²) >= 11 is 0. The molecule has 81 heavy (non-hydrogen) atoms. The van der Waals surface area contributed by atoms with E-state index in [4.69, 9.17) is 50.7 Å². The largest absolute Gasteiger partial charge is 0.481 e. The molecule has 0 saturated carbocycles. The van der Waals surface area contributed by atoms with Gasteiger partial charge in [0.25, 0.3) is 20.4 Å². The highest BCUT2D eigenvalue weighted by atomic mass is 35.5. The molecule has 0 bridgehead atoms. The Morgan fingerprint density at radius 1 is 0.481 bits per heavy atom. The predicted molar refractivity (Wildman–Crippen MR) is 290 cm³/mol. The molecular weight excluding hydrogens is 1140 g/mol. The first-order chi connectivity index (χ1) is 37.9. The molecule has 33 heteroatoms. The third kappa shape index (κ3) is 24.2. The summed E-state index contributed by atoms with van der Waals surface area (Å²) in [7, 11) is -9.31. The number of guanidine groups is 2. The molecule has 14 N–H and O–H groups in total. The van der Waals surface area contributed by atoms with E-state index in [0.29, 0.717) is 31.1 Å². The molecule has 0 amide bonds. The van der Waals surface area contributed by atoms with Crippen molar-refractivity contribution in [2.45, 2.75) is 38.0 Å². The van der Waals surface area contributed by atoms with Crippen LogP contribution in [0.1, 0.15) is 44.7 Å². The third-order valence-electron chi connectivity index (χ3n) is 10.6. The smallest absolute Gasteiger partial charge is 0.343 e. The van der Waals surface area contributed by atoms with Gasteiger partial charge in [0.05, 0.1) is 76.8 Å². The van der Waals surface area contributed by atoms with Crippen LogP contribution < -0.4 is 41.0 Å². The fourth-order valence-corrected chi connectivity index (χ4v) is 9.46. The van der Waals surface area contributed by atoms with Crippen molar-refractivity contribution in [3.8, 4) is 11.5 Å². The number of esters is 2. The Morgan fingerprint density at radius 3 is 1.05 bits per heavy atom. The standard InChI is InChI=1S/C48H60N10O20S2.ClH/c49-47(50)55-35-9-5-33(6-10-35)45(67)77-37-13-1-31(2-14-37)29-53-79(69,70)57(39(43(63)64)27-41(59)60)17-19-73-21-23-75-25-26-76-24-22-74-20-18-58(40(44(65)66)28-42(61)62)80(71,72)54-30-32-3-15-38(16-4-32)78-46(68)34-7-11-36(12-8-34)56-48(51)52;/h1-16,39-40,53-54H,17-30H2,(H,59,60)(H,61,62)(H,63,64)(H,65,66)(H4,49,50,55)(H4,51,52,56);1H/t39-,40-;/m0./s1. The molecule has 0 aliphatic heterocycles. The Bertz CT molecular complexity index is 2780. The highest BCUT2D eigenvalue weighted by molar-refractivity contribution is 7.87. The monoisotopic (exact) mass is 1200 g/mol. The molecular formula is C48H61ClN10O20S2. The van der Waals surface area contributed by atoms with Gasteiger partial charge < -0.3 is 70.9 Å². The van der Waals surface area contributed by atoms with E-state index < -0.39 is 94.2 Å². The Balaban J connectivity index is 0.0000172. The molecule has 0 fully saturated rings. The van der Waals surface area contributed by atoms with Crippen molar-refractivity contribution < 1.29 is 94.5 Å². The molecule has 0 unspecified atom stereocenters. The average Bonchev–Trinajstić information content (AvgIpc) is 3.41. The molecule has 4 aromatic carbocycles. The molecule has 0 spiro atoms. The summed E-state index contributed by atoms with van der Waals surface area (Å²) in [6.07, 6.45) is -2.14. The number of halogens is 1. The fourth-order valence-electron chi connectivity index (χ4n) is 6.80. The van der Waals surface area contributed by atoms with Gasteiger partial charge in [-0.25, -0.2) is 9.59 Å². The summed E-state index contributed by atoms with van der Waals surface area (Å²) < 4.78 is 91.5. The van der Waals surface area contributed by atoms with Crippen LogP contribution in [-0.4, -0.2) is 172 Å². The molecule has 0 heterocycles. The number of ether oxygens (including phenoxy) is 6. The van der Waals surface area contributed by atoms with Crippen molar-refractivity contribution >= 4 is 91.9 Å². The lowest BCUT2D eigenvalue weighted by atomic mass is 10.2. The summed E-state index contributed by atoms with van der Waals surface area (Å²) in [6.45, 7) is -2.81. The van der Waals surface area contributed by atoms with Crippen molar-refractivity contribution in [2.75, 3.05) is 76.6 Å².